The first-order chi connectivity index (χ1) is 14.1. The second-order valence-corrected chi connectivity index (χ2v) is 7.30. The molecule has 0 unspecified atom stereocenters. The van der Waals surface area contributed by atoms with Crippen LogP contribution in [0.4, 0.5) is 26.4 Å². The highest BCUT2D eigenvalue weighted by Gasteiger charge is 2.18. The number of aryl methyl sites for hydroxylation is 1. The first-order valence-corrected chi connectivity index (χ1v) is 9.97. The second kappa shape index (κ2) is 8.69. The van der Waals surface area contributed by atoms with Crippen LogP contribution in [0.15, 0.2) is 24.4 Å². The second-order valence-electron chi connectivity index (χ2n) is 7.30. The van der Waals surface area contributed by atoms with Crippen LogP contribution in [0.3, 0.4) is 0 Å². The molecule has 0 bridgehead atoms. The number of fused-ring (bicyclic) bond motifs is 1. The molecule has 0 amide bonds. The Kier molecular flexibility index (Phi) is 5.84. The summed E-state index contributed by atoms with van der Waals surface area (Å²) in [6, 6.07) is 3.68. The average molecular weight is 402 g/mol. The molecular formula is C20H24F2N6O. The molecule has 1 saturated carbocycles. The van der Waals surface area contributed by atoms with E-state index in [-0.39, 0.29) is 12.3 Å². The van der Waals surface area contributed by atoms with Crippen LogP contribution < -0.4 is 10.6 Å². The molecule has 7 nitrogen and oxygen atoms in total. The number of halogens is 2. The van der Waals surface area contributed by atoms with E-state index in [0.717, 1.165) is 18.9 Å². The molecule has 2 aromatic heterocycles. The van der Waals surface area contributed by atoms with Gasteiger partial charge in [-0.05, 0) is 31.4 Å². The summed E-state index contributed by atoms with van der Waals surface area (Å²) in [6.45, 7) is 0.445. The van der Waals surface area contributed by atoms with Crippen molar-refractivity contribution in [1.82, 2.24) is 19.5 Å². The maximum absolute atomic E-state index is 14.1. The van der Waals surface area contributed by atoms with E-state index >= 15 is 0 Å². The third-order valence-corrected chi connectivity index (χ3v) is 5.14. The highest BCUT2D eigenvalue weighted by Crippen LogP contribution is 2.26. The van der Waals surface area contributed by atoms with Gasteiger partial charge in [-0.2, -0.15) is 4.98 Å². The van der Waals surface area contributed by atoms with E-state index in [4.69, 9.17) is 0 Å². The van der Waals surface area contributed by atoms with Crippen molar-refractivity contribution in [1.29, 1.82) is 0 Å². The van der Waals surface area contributed by atoms with Crippen LogP contribution in [-0.4, -0.2) is 37.3 Å². The normalized spacial score (nSPS) is 15.0. The van der Waals surface area contributed by atoms with Gasteiger partial charge in [0.1, 0.15) is 17.2 Å². The molecule has 1 aromatic carbocycles. The fourth-order valence-corrected chi connectivity index (χ4v) is 3.67. The van der Waals surface area contributed by atoms with Crippen LogP contribution in [0.2, 0.25) is 0 Å². The average Bonchev–Trinajstić information content (AvgIpc) is 3.05. The van der Waals surface area contributed by atoms with Crippen LogP contribution in [-0.2, 0) is 6.54 Å². The van der Waals surface area contributed by atoms with E-state index in [0.29, 0.717) is 42.1 Å². The third kappa shape index (κ3) is 4.45. The molecule has 154 valence electrons. The van der Waals surface area contributed by atoms with Crippen LogP contribution in [0, 0.1) is 11.6 Å². The Hall–Kier alpha value is -2.81. The lowest BCUT2D eigenvalue weighted by molar-refractivity contribution is 0.280. The van der Waals surface area contributed by atoms with Crippen molar-refractivity contribution >= 4 is 28.7 Å². The lowest BCUT2D eigenvalue weighted by Crippen LogP contribution is -2.23. The van der Waals surface area contributed by atoms with Crippen molar-refractivity contribution in [2.75, 3.05) is 17.2 Å². The Morgan fingerprint density at radius 3 is 2.72 bits per heavy atom. The smallest absolute Gasteiger partial charge is 0.224 e. The number of nitrogens with one attached hydrogen (secondary N) is 2. The number of aliphatic hydroxyl groups excluding tert-OH is 1. The number of nitrogens with zero attached hydrogens (tertiary/aromatic N) is 4. The molecule has 4 rings (SSSR count). The van der Waals surface area contributed by atoms with E-state index in [9.17, 15) is 13.9 Å². The topological polar surface area (TPSA) is 87.9 Å². The van der Waals surface area contributed by atoms with Gasteiger partial charge in [-0.15, -0.1) is 0 Å². The molecule has 0 saturated heterocycles. The summed E-state index contributed by atoms with van der Waals surface area (Å²) in [5.41, 5.74) is 1.26. The number of anilines is 3. The van der Waals surface area contributed by atoms with Gasteiger partial charge < -0.3 is 15.7 Å². The molecule has 3 N–H and O–H groups in total. The SMILES string of the molecule is OCCCn1c(Nc2ccc(F)cc2F)nc2cnc(NC3CCCCC3)nc21. The fraction of sp³-hybridized carbons (Fsp3) is 0.450. The summed E-state index contributed by atoms with van der Waals surface area (Å²) in [7, 11) is 0. The van der Waals surface area contributed by atoms with Crippen molar-refractivity contribution in [3.05, 3.63) is 36.0 Å². The van der Waals surface area contributed by atoms with E-state index in [2.05, 4.69) is 25.6 Å². The van der Waals surface area contributed by atoms with Crippen molar-refractivity contribution in [2.24, 2.45) is 0 Å². The number of aliphatic hydroxyl groups is 1. The number of imidazole rings is 1. The summed E-state index contributed by atoms with van der Waals surface area (Å²) >= 11 is 0. The Labute approximate surface area is 167 Å². The summed E-state index contributed by atoms with van der Waals surface area (Å²) in [5, 5.41) is 15.6. The highest BCUT2D eigenvalue weighted by molar-refractivity contribution is 5.76. The fourth-order valence-electron chi connectivity index (χ4n) is 3.67. The number of hydrogen-bond acceptors (Lipinski definition) is 6. The van der Waals surface area contributed by atoms with Gasteiger partial charge in [-0.3, -0.25) is 4.57 Å². The molecule has 1 aliphatic carbocycles. The lowest BCUT2D eigenvalue weighted by atomic mass is 9.96. The Balaban J connectivity index is 1.65. The molecular weight excluding hydrogens is 378 g/mol. The van der Waals surface area contributed by atoms with Crippen molar-refractivity contribution in [3.8, 4) is 0 Å². The van der Waals surface area contributed by atoms with Gasteiger partial charge >= 0.3 is 0 Å². The molecule has 3 aromatic rings. The summed E-state index contributed by atoms with van der Waals surface area (Å²) in [4.78, 5) is 13.5. The largest absolute Gasteiger partial charge is 0.396 e. The van der Waals surface area contributed by atoms with Gasteiger partial charge in [0.25, 0.3) is 0 Å². The Morgan fingerprint density at radius 2 is 1.97 bits per heavy atom. The maximum Gasteiger partial charge on any atom is 0.224 e. The molecule has 0 aliphatic heterocycles. The standard InChI is InChI=1S/C20H24F2N6O/c21-13-7-8-16(15(22)11-13)25-20-26-17-12-23-19(24-14-5-2-1-3-6-14)27-18(17)28(20)9-4-10-29/h7-8,11-12,14,29H,1-6,9-10H2,(H,25,26)(H,23,24,27). The number of hydrogen-bond donors (Lipinski definition) is 3. The minimum Gasteiger partial charge on any atom is -0.396 e. The van der Waals surface area contributed by atoms with Gasteiger partial charge in [0, 0.05) is 25.3 Å². The van der Waals surface area contributed by atoms with E-state index in [1.165, 1.54) is 31.4 Å². The van der Waals surface area contributed by atoms with Crippen molar-refractivity contribution in [2.45, 2.75) is 51.1 Å². The predicted octanol–water partition coefficient (Wildman–Crippen LogP) is 3.98. The highest BCUT2D eigenvalue weighted by atomic mass is 19.1. The molecule has 9 heteroatoms. The minimum absolute atomic E-state index is 0.00227. The van der Waals surface area contributed by atoms with Gasteiger partial charge in [-0.25, -0.2) is 18.7 Å². The molecule has 0 radical (unpaired) electrons. The summed E-state index contributed by atoms with van der Waals surface area (Å²) in [5.74, 6) is -0.459. The molecule has 1 fully saturated rings. The first kappa shape index (κ1) is 19.5. The van der Waals surface area contributed by atoms with Crippen LogP contribution in [0.25, 0.3) is 11.2 Å². The lowest BCUT2D eigenvalue weighted by Gasteiger charge is -2.22. The molecule has 2 heterocycles. The number of benzene rings is 1. The third-order valence-electron chi connectivity index (χ3n) is 5.14. The molecule has 1 aliphatic rings. The zero-order chi connectivity index (χ0) is 20.2. The number of aromatic nitrogens is 4. The molecule has 29 heavy (non-hydrogen) atoms. The maximum atomic E-state index is 14.1. The van der Waals surface area contributed by atoms with Crippen molar-refractivity contribution < 1.29 is 13.9 Å². The molecule has 0 spiro atoms. The van der Waals surface area contributed by atoms with Crippen LogP contribution >= 0.6 is 0 Å². The van der Waals surface area contributed by atoms with Crippen LogP contribution in [0.1, 0.15) is 38.5 Å². The van der Waals surface area contributed by atoms with Crippen molar-refractivity contribution in [3.63, 3.8) is 0 Å². The summed E-state index contributed by atoms with van der Waals surface area (Å²) in [6.07, 6.45) is 7.98. The monoisotopic (exact) mass is 402 g/mol. The summed E-state index contributed by atoms with van der Waals surface area (Å²) < 4.78 is 29.1. The molecule has 0 atom stereocenters. The Morgan fingerprint density at radius 1 is 1.14 bits per heavy atom. The zero-order valence-corrected chi connectivity index (χ0v) is 16.0. The quantitative estimate of drug-likeness (QED) is 0.554. The zero-order valence-electron chi connectivity index (χ0n) is 16.0. The van der Waals surface area contributed by atoms with Gasteiger partial charge in [0.2, 0.25) is 11.9 Å². The van der Waals surface area contributed by atoms with Gasteiger partial charge in [0.15, 0.2) is 5.65 Å². The van der Waals surface area contributed by atoms with E-state index in [1.54, 1.807) is 10.8 Å². The number of rotatable bonds is 7. The van der Waals surface area contributed by atoms with Gasteiger partial charge in [0.05, 0.1) is 11.9 Å². The first-order valence-electron chi connectivity index (χ1n) is 9.97. The minimum atomic E-state index is -0.712. The Bertz CT molecular complexity index is 987. The van der Waals surface area contributed by atoms with E-state index < -0.39 is 11.6 Å². The van der Waals surface area contributed by atoms with Gasteiger partial charge in [-0.1, -0.05) is 19.3 Å². The predicted molar refractivity (Wildman–Crippen MR) is 107 cm³/mol. The van der Waals surface area contributed by atoms with Crippen LogP contribution in [0.5, 0.6) is 0 Å². The van der Waals surface area contributed by atoms with E-state index in [1.807, 2.05) is 0 Å².